The maximum absolute atomic E-state index is 12.5. The van der Waals surface area contributed by atoms with Crippen LogP contribution in [0.1, 0.15) is 11.1 Å². The van der Waals surface area contributed by atoms with Gasteiger partial charge in [-0.15, -0.1) is 0 Å². The second-order valence-electron chi connectivity index (χ2n) is 3.76. The summed E-state index contributed by atoms with van der Waals surface area (Å²) < 4.78 is 60.4. The number of carbonyl (C=O) groups is 1. The Morgan fingerprint density at radius 2 is 1.89 bits per heavy atom. The molecular formula is C11H10F3NO3S. The van der Waals surface area contributed by atoms with Gasteiger partial charge in [-0.25, -0.2) is 8.42 Å². The van der Waals surface area contributed by atoms with Gasteiger partial charge in [0.1, 0.15) is 0 Å². The summed E-state index contributed by atoms with van der Waals surface area (Å²) >= 11 is 0. The van der Waals surface area contributed by atoms with E-state index in [1.807, 2.05) is 0 Å². The molecule has 0 fully saturated rings. The quantitative estimate of drug-likeness (QED) is 0.860. The number of hydrogen-bond donors (Lipinski definition) is 1. The molecule has 4 nitrogen and oxygen atoms in total. The number of hydrogen-bond acceptors (Lipinski definition) is 3. The maximum atomic E-state index is 12.5. The average molecular weight is 293 g/mol. The maximum Gasteiger partial charge on any atom is 0.416 e. The van der Waals surface area contributed by atoms with Gasteiger partial charge >= 0.3 is 6.18 Å². The predicted molar refractivity (Wildman–Crippen MR) is 62.8 cm³/mol. The van der Waals surface area contributed by atoms with Gasteiger partial charge in [-0.3, -0.25) is 4.79 Å². The summed E-state index contributed by atoms with van der Waals surface area (Å²) in [4.78, 5) is 10.3. The number of benzene rings is 1. The van der Waals surface area contributed by atoms with Crippen molar-refractivity contribution in [3.05, 3.63) is 35.4 Å². The molecule has 0 saturated heterocycles. The van der Waals surface area contributed by atoms with E-state index in [9.17, 15) is 26.4 Å². The predicted octanol–water partition coefficient (Wildman–Crippen LogP) is 1.61. The van der Waals surface area contributed by atoms with E-state index in [1.54, 1.807) is 0 Å². The Bertz CT molecular complexity index is 633. The van der Waals surface area contributed by atoms with Crippen molar-refractivity contribution in [1.29, 1.82) is 0 Å². The molecule has 0 heterocycles. The van der Waals surface area contributed by atoms with Crippen LogP contribution in [0.25, 0.3) is 6.08 Å². The lowest BCUT2D eigenvalue weighted by Gasteiger charge is -2.10. The first-order valence-corrected chi connectivity index (χ1v) is 6.80. The average Bonchev–Trinajstić information content (AvgIpc) is 2.23. The van der Waals surface area contributed by atoms with Gasteiger partial charge in [0.2, 0.25) is 5.91 Å². The summed E-state index contributed by atoms with van der Waals surface area (Å²) in [6.45, 7) is 0. The molecule has 0 bridgehead atoms. The van der Waals surface area contributed by atoms with E-state index in [1.165, 1.54) is 0 Å². The van der Waals surface area contributed by atoms with Crippen LogP contribution in [0.2, 0.25) is 0 Å². The van der Waals surface area contributed by atoms with Crippen LogP contribution in [-0.4, -0.2) is 20.6 Å². The van der Waals surface area contributed by atoms with Gasteiger partial charge in [-0.2, -0.15) is 13.2 Å². The zero-order valence-corrected chi connectivity index (χ0v) is 10.5. The highest BCUT2D eigenvalue weighted by atomic mass is 32.2. The highest BCUT2D eigenvalue weighted by molar-refractivity contribution is 7.90. The summed E-state index contributed by atoms with van der Waals surface area (Å²) in [5.74, 6) is -0.892. The summed E-state index contributed by atoms with van der Waals surface area (Å²) in [7, 11) is -3.71. The molecule has 0 unspecified atom stereocenters. The molecule has 8 heteroatoms. The van der Waals surface area contributed by atoms with Crippen molar-refractivity contribution in [2.75, 3.05) is 6.26 Å². The monoisotopic (exact) mass is 293 g/mol. The van der Waals surface area contributed by atoms with Crippen LogP contribution >= 0.6 is 0 Å². The normalized spacial score (nSPS) is 12.8. The number of sulfone groups is 1. The Labute approximate surface area is 107 Å². The molecule has 0 aliphatic carbocycles. The minimum atomic E-state index is -4.61. The van der Waals surface area contributed by atoms with E-state index < -0.39 is 27.5 Å². The molecule has 2 N–H and O–H groups in total. The molecule has 0 aliphatic rings. The van der Waals surface area contributed by atoms with Crippen molar-refractivity contribution in [2.24, 2.45) is 5.73 Å². The number of alkyl halides is 3. The SMILES string of the molecule is CS(=O)(=O)c1ccc(C(F)(F)F)cc1/C=C\C(N)=O. The molecular weight excluding hydrogens is 283 g/mol. The van der Waals surface area contributed by atoms with Crippen molar-refractivity contribution >= 4 is 21.8 Å². The van der Waals surface area contributed by atoms with Crippen LogP contribution < -0.4 is 5.73 Å². The van der Waals surface area contributed by atoms with Crippen molar-refractivity contribution in [3.8, 4) is 0 Å². The second-order valence-corrected chi connectivity index (χ2v) is 5.74. The Kier molecular flexibility index (Phi) is 4.04. The van der Waals surface area contributed by atoms with Crippen molar-refractivity contribution in [2.45, 2.75) is 11.1 Å². The summed E-state index contributed by atoms with van der Waals surface area (Å²) in [5, 5.41) is 0. The zero-order chi connectivity index (χ0) is 14.8. The minimum absolute atomic E-state index is 0.240. The van der Waals surface area contributed by atoms with Gasteiger partial charge in [-0.05, 0) is 29.8 Å². The minimum Gasteiger partial charge on any atom is -0.366 e. The fourth-order valence-electron chi connectivity index (χ4n) is 1.36. The highest BCUT2D eigenvalue weighted by Crippen LogP contribution is 2.32. The van der Waals surface area contributed by atoms with E-state index in [0.717, 1.165) is 24.5 Å². The highest BCUT2D eigenvalue weighted by Gasteiger charge is 2.31. The zero-order valence-electron chi connectivity index (χ0n) is 9.73. The molecule has 19 heavy (non-hydrogen) atoms. The number of carbonyl (C=O) groups excluding carboxylic acids is 1. The molecule has 0 aromatic heterocycles. The lowest BCUT2D eigenvalue weighted by Crippen LogP contribution is -2.09. The van der Waals surface area contributed by atoms with Crippen LogP contribution in [-0.2, 0) is 20.8 Å². The topological polar surface area (TPSA) is 77.2 Å². The van der Waals surface area contributed by atoms with Gasteiger partial charge in [0.05, 0.1) is 10.5 Å². The number of rotatable bonds is 3. The molecule has 0 saturated carbocycles. The smallest absolute Gasteiger partial charge is 0.366 e. The Morgan fingerprint density at radius 3 is 2.32 bits per heavy atom. The molecule has 1 aromatic rings. The molecule has 104 valence electrons. The van der Waals surface area contributed by atoms with Gasteiger partial charge in [0.15, 0.2) is 9.84 Å². The first kappa shape index (κ1) is 15.2. The van der Waals surface area contributed by atoms with E-state index in [0.29, 0.717) is 12.1 Å². The molecule has 1 aromatic carbocycles. The van der Waals surface area contributed by atoms with Crippen molar-refractivity contribution in [1.82, 2.24) is 0 Å². The number of halogens is 3. The Balaban J connectivity index is 3.48. The van der Waals surface area contributed by atoms with Gasteiger partial charge in [0, 0.05) is 12.3 Å². The Hall–Kier alpha value is -1.83. The van der Waals surface area contributed by atoms with Crippen LogP contribution in [0.3, 0.4) is 0 Å². The summed E-state index contributed by atoms with van der Waals surface area (Å²) in [6.07, 6.45) is -2.01. The number of amides is 1. The third-order valence-electron chi connectivity index (χ3n) is 2.16. The van der Waals surface area contributed by atoms with E-state index in [-0.39, 0.29) is 10.5 Å². The fourth-order valence-corrected chi connectivity index (χ4v) is 2.23. The largest absolute Gasteiger partial charge is 0.416 e. The second kappa shape index (κ2) is 5.04. The molecule has 1 amide bonds. The van der Waals surface area contributed by atoms with Crippen LogP contribution in [0.4, 0.5) is 13.2 Å². The van der Waals surface area contributed by atoms with Crippen LogP contribution in [0, 0.1) is 0 Å². The molecule has 0 spiro atoms. The number of nitrogens with two attached hydrogens (primary N) is 1. The summed E-state index contributed by atoms with van der Waals surface area (Å²) in [5.41, 5.74) is 3.58. The molecule has 0 aliphatic heterocycles. The van der Waals surface area contributed by atoms with E-state index >= 15 is 0 Å². The van der Waals surface area contributed by atoms with Crippen molar-refractivity contribution in [3.63, 3.8) is 0 Å². The molecule has 1 rings (SSSR count). The van der Waals surface area contributed by atoms with E-state index in [4.69, 9.17) is 5.73 Å². The van der Waals surface area contributed by atoms with Gasteiger partial charge < -0.3 is 5.73 Å². The third-order valence-corrected chi connectivity index (χ3v) is 3.33. The first-order valence-electron chi connectivity index (χ1n) is 4.90. The van der Waals surface area contributed by atoms with Gasteiger partial charge in [0.25, 0.3) is 0 Å². The van der Waals surface area contributed by atoms with E-state index in [2.05, 4.69) is 0 Å². The van der Waals surface area contributed by atoms with Gasteiger partial charge in [-0.1, -0.05) is 0 Å². The third kappa shape index (κ3) is 4.09. The fraction of sp³-hybridized carbons (Fsp3) is 0.182. The van der Waals surface area contributed by atoms with Crippen LogP contribution in [0.15, 0.2) is 29.2 Å². The van der Waals surface area contributed by atoms with Crippen LogP contribution in [0.5, 0.6) is 0 Å². The number of primary amides is 1. The Morgan fingerprint density at radius 1 is 1.32 bits per heavy atom. The lowest BCUT2D eigenvalue weighted by atomic mass is 10.1. The standard InChI is InChI=1S/C11H10F3NO3S/c1-19(17,18)9-4-3-8(11(12,13)14)6-7(9)2-5-10(15)16/h2-6H,1H3,(H2,15,16)/b5-2-. The summed E-state index contributed by atoms with van der Waals surface area (Å²) in [6, 6.07) is 2.16. The molecule has 0 radical (unpaired) electrons. The van der Waals surface area contributed by atoms with Crippen molar-refractivity contribution < 1.29 is 26.4 Å². The lowest BCUT2D eigenvalue weighted by molar-refractivity contribution is -0.137. The molecule has 0 atom stereocenters. The first-order chi connectivity index (χ1) is 8.51.